The summed E-state index contributed by atoms with van der Waals surface area (Å²) in [7, 11) is 0. The van der Waals surface area contributed by atoms with Gasteiger partial charge in [0.2, 0.25) is 0 Å². The number of benzene rings is 1. The smallest absolute Gasteiger partial charge is 0.426 e. The van der Waals surface area contributed by atoms with Crippen molar-refractivity contribution in [2.75, 3.05) is 0 Å². The molecule has 1 aromatic rings. The highest BCUT2D eigenvalue weighted by molar-refractivity contribution is 8.16. The number of rotatable bonds is 3. The average molecular weight is 544 g/mol. The molecule has 1 saturated carbocycles. The van der Waals surface area contributed by atoms with Crippen molar-refractivity contribution in [3.05, 3.63) is 39.4 Å². The zero-order valence-corrected chi connectivity index (χ0v) is 22.1. The largest absolute Gasteiger partial charge is 0.480 e. The number of amidine groups is 1. The number of carbonyl (C=O) groups excluding carboxylic acids is 2. The van der Waals surface area contributed by atoms with Crippen LogP contribution in [0.1, 0.15) is 60.5 Å². The van der Waals surface area contributed by atoms with Gasteiger partial charge in [-0.15, -0.1) is 0 Å². The van der Waals surface area contributed by atoms with Crippen molar-refractivity contribution in [2.24, 2.45) is 10.9 Å². The Balaban J connectivity index is 2.25. The van der Waals surface area contributed by atoms with E-state index in [1.54, 1.807) is 0 Å². The number of fused-ring (bicyclic) bond motifs is 1. The molecule has 11 nitrogen and oxygen atoms in total. The number of carbonyl (C=O) groups is 3. The molecule has 1 aliphatic carbocycles. The molecule has 14 heteroatoms. The Hall–Kier alpha value is -3.29. The molecule has 1 N–H and O–H groups in total. The van der Waals surface area contributed by atoms with E-state index in [9.17, 15) is 34.0 Å². The molecule has 0 spiro atoms. The van der Waals surface area contributed by atoms with Gasteiger partial charge in [0, 0.05) is 17.5 Å². The molecule has 1 heterocycles. The summed E-state index contributed by atoms with van der Waals surface area (Å²) in [5.74, 6) is -5.28. The maximum absolute atomic E-state index is 15.1. The fourth-order valence-electron chi connectivity index (χ4n) is 3.99. The number of aliphatic carboxylic acids is 1. The number of thioether (sulfide) groups is 1. The van der Waals surface area contributed by atoms with Gasteiger partial charge in [-0.2, -0.15) is 4.90 Å². The van der Waals surface area contributed by atoms with E-state index in [1.165, 1.54) is 48.5 Å². The summed E-state index contributed by atoms with van der Waals surface area (Å²) >= 11 is 0.575. The summed E-state index contributed by atoms with van der Waals surface area (Å²) in [6.07, 6.45) is -2.57. The third-order valence-electron chi connectivity index (χ3n) is 5.66. The number of carboxylic acids is 1. The Morgan fingerprint density at radius 1 is 1.14 bits per heavy atom. The first kappa shape index (κ1) is 28.3. The van der Waals surface area contributed by atoms with Crippen LogP contribution in [0.5, 0.6) is 0 Å². The van der Waals surface area contributed by atoms with Gasteiger partial charge in [-0.25, -0.2) is 23.4 Å². The highest BCUT2D eigenvalue weighted by Crippen LogP contribution is 2.67. The van der Waals surface area contributed by atoms with E-state index in [0.29, 0.717) is 22.7 Å². The summed E-state index contributed by atoms with van der Waals surface area (Å²) in [5.41, 5.74) is -5.43. The third-order valence-corrected chi connectivity index (χ3v) is 7.11. The molecular formula is C23H27F2N3O8S. The Kier molecular flexibility index (Phi) is 6.82. The summed E-state index contributed by atoms with van der Waals surface area (Å²) in [6, 6.07) is 1.17. The second-order valence-electron chi connectivity index (χ2n) is 10.9. The monoisotopic (exact) mass is 543 g/mol. The van der Waals surface area contributed by atoms with Crippen molar-refractivity contribution < 1.29 is 42.7 Å². The fourth-order valence-corrected chi connectivity index (χ4v) is 5.50. The van der Waals surface area contributed by atoms with Crippen LogP contribution in [-0.2, 0) is 19.8 Å². The van der Waals surface area contributed by atoms with E-state index in [2.05, 4.69) is 4.99 Å². The molecule has 0 unspecified atom stereocenters. The normalized spacial score (nSPS) is 24.9. The lowest BCUT2D eigenvalue weighted by Crippen LogP contribution is -2.50. The van der Waals surface area contributed by atoms with Crippen LogP contribution in [0.15, 0.2) is 17.1 Å². The number of non-ortho nitro benzene ring substituents is 1. The first-order valence-electron chi connectivity index (χ1n) is 11.1. The van der Waals surface area contributed by atoms with Crippen LogP contribution in [0.2, 0.25) is 0 Å². The number of ether oxygens (including phenoxy) is 2. The SMILES string of the molecule is CC(C)(C)OC(=O)N(C(=O)OC(C)(C)C)C1=N[C@](C)(c2cc([N+](=O)[O-])cc(F)c2F)[C@@H]2C[C@]2(C(=O)O)S1. The molecule has 37 heavy (non-hydrogen) atoms. The zero-order chi connectivity index (χ0) is 28.3. The van der Waals surface area contributed by atoms with Crippen molar-refractivity contribution in [2.45, 2.75) is 76.4 Å². The Morgan fingerprint density at radius 2 is 1.65 bits per heavy atom. The summed E-state index contributed by atoms with van der Waals surface area (Å²) in [5, 5.41) is 20.9. The number of nitro groups is 1. The summed E-state index contributed by atoms with van der Waals surface area (Å²) in [6.45, 7) is 10.5. The summed E-state index contributed by atoms with van der Waals surface area (Å²) < 4.78 is 38.4. The van der Waals surface area contributed by atoms with Gasteiger partial charge < -0.3 is 14.6 Å². The zero-order valence-electron chi connectivity index (χ0n) is 21.2. The topological polar surface area (TPSA) is 149 Å². The molecule has 1 aliphatic heterocycles. The van der Waals surface area contributed by atoms with Crippen molar-refractivity contribution in [3.63, 3.8) is 0 Å². The van der Waals surface area contributed by atoms with Crippen molar-refractivity contribution in [3.8, 4) is 0 Å². The van der Waals surface area contributed by atoms with E-state index in [0.717, 1.165) is 6.07 Å². The number of halogens is 2. The lowest BCUT2D eigenvalue weighted by atomic mass is 9.85. The molecule has 1 fully saturated rings. The van der Waals surface area contributed by atoms with Gasteiger partial charge in [-0.1, -0.05) is 11.8 Å². The number of hydrogen-bond acceptors (Lipinski definition) is 9. The minimum Gasteiger partial charge on any atom is -0.480 e. The van der Waals surface area contributed by atoms with Gasteiger partial charge in [-0.05, 0) is 54.9 Å². The standard InChI is InChI=1S/C23H27F2N3O8S/c1-20(2,3)35-18(31)27(19(32)36-21(4,5)6)17-26-22(7,14-10-23(14,37-17)16(29)30)12-8-11(28(33)34)9-13(24)15(12)25/h8-9,14H,10H2,1-7H3,(H,29,30)/t14-,22+,23-/m0/s1. The maximum Gasteiger partial charge on any atom is 0.426 e. The van der Waals surface area contributed by atoms with E-state index < -0.39 is 78.5 Å². The molecule has 2 aliphatic rings. The third kappa shape index (κ3) is 5.38. The first-order valence-corrected chi connectivity index (χ1v) is 12.0. The van der Waals surface area contributed by atoms with E-state index >= 15 is 4.39 Å². The van der Waals surface area contributed by atoms with Gasteiger partial charge in [0.05, 0.1) is 16.5 Å². The van der Waals surface area contributed by atoms with E-state index in [-0.39, 0.29) is 6.42 Å². The van der Waals surface area contributed by atoms with E-state index in [1.807, 2.05) is 0 Å². The fraction of sp³-hybridized carbons (Fsp3) is 0.565. The molecule has 202 valence electrons. The van der Waals surface area contributed by atoms with Crippen LogP contribution in [0.25, 0.3) is 0 Å². The minimum absolute atomic E-state index is 0.100. The van der Waals surface area contributed by atoms with E-state index in [4.69, 9.17) is 9.47 Å². The molecule has 3 atom stereocenters. The molecule has 2 amide bonds. The number of aliphatic imine (C=N–C) groups is 1. The van der Waals surface area contributed by atoms with Crippen LogP contribution in [-0.4, -0.2) is 54.2 Å². The average Bonchev–Trinajstić information content (AvgIpc) is 3.44. The molecular weight excluding hydrogens is 516 g/mol. The Bertz CT molecular complexity index is 1200. The number of imide groups is 1. The molecule has 0 aromatic heterocycles. The minimum atomic E-state index is -1.90. The number of amides is 2. The Labute approximate surface area is 215 Å². The first-order chi connectivity index (χ1) is 16.7. The lowest BCUT2D eigenvalue weighted by Gasteiger charge is -2.36. The predicted molar refractivity (Wildman–Crippen MR) is 128 cm³/mol. The molecule has 0 saturated heterocycles. The molecule has 0 radical (unpaired) electrons. The number of nitrogens with zero attached hydrogens (tertiary/aromatic N) is 3. The second kappa shape index (κ2) is 8.92. The number of hydrogen-bond donors (Lipinski definition) is 1. The van der Waals surface area contributed by atoms with Crippen molar-refractivity contribution >= 4 is 40.8 Å². The molecule has 3 rings (SSSR count). The van der Waals surface area contributed by atoms with Gasteiger partial charge in [0.25, 0.3) is 5.69 Å². The lowest BCUT2D eigenvalue weighted by molar-refractivity contribution is -0.385. The maximum atomic E-state index is 15.1. The highest BCUT2D eigenvalue weighted by atomic mass is 32.2. The van der Waals surface area contributed by atoms with Gasteiger partial charge in [0.1, 0.15) is 15.9 Å². The van der Waals surface area contributed by atoms with Crippen LogP contribution >= 0.6 is 11.8 Å². The number of carboxylic acid groups (broad SMARTS) is 1. The molecule has 1 aromatic carbocycles. The van der Waals surface area contributed by atoms with Crippen LogP contribution in [0, 0.1) is 27.7 Å². The highest BCUT2D eigenvalue weighted by Gasteiger charge is 2.72. The number of nitro benzene ring substituents is 1. The summed E-state index contributed by atoms with van der Waals surface area (Å²) in [4.78, 5) is 53.8. The van der Waals surface area contributed by atoms with Crippen LogP contribution in [0.3, 0.4) is 0 Å². The van der Waals surface area contributed by atoms with Crippen LogP contribution in [0.4, 0.5) is 24.1 Å². The molecule has 0 bridgehead atoms. The van der Waals surface area contributed by atoms with Gasteiger partial charge in [-0.3, -0.25) is 14.9 Å². The van der Waals surface area contributed by atoms with Crippen molar-refractivity contribution in [1.82, 2.24) is 4.90 Å². The quantitative estimate of drug-likeness (QED) is 0.401. The van der Waals surface area contributed by atoms with Gasteiger partial charge in [0.15, 0.2) is 16.8 Å². The van der Waals surface area contributed by atoms with Crippen molar-refractivity contribution in [1.29, 1.82) is 0 Å². The van der Waals surface area contributed by atoms with Gasteiger partial charge >= 0.3 is 18.2 Å². The van der Waals surface area contributed by atoms with Crippen LogP contribution < -0.4 is 0 Å². The predicted octanol–water partition coefficient (Wildman–Crippen LogP) is 5.21. The second-order valence-corrected chi connectivity index (χ2v) is 12.2. The Morgan fingerprint density at radius 3 is 2.08 bits per heavy atom.